The van der Waals surface area contributed by atoms with Gasteiger partial charge in [-0.2, -0.15) is 0 Å². The molecule has 0 saturated heterocycles. The minimum atomic E-state index is -0.627. The zero-order chi connectivity index (χ0) is 19.8. The molecule has 0 saturated carbocycles. The Kier molecular flexibility index (Phi) is 6.99. The molecule has 0 fully saturated rings. The average Bonchev–Trinajstić information content (AvgIpc) is 2.64. The fourth-order valence-corrected chi connectivity index (χ4v) is 2.49. The number of nitro groups is 1. The Labute approximate surface area is 156 Å². The van der Waals surface area contributed by atoms with Gasteiger partial charge in [-0.1, -0.05) is 19.8 Å². The summed E-state index contributed by atoms with van der Waals surface area (Å²) in [6, 6.07) is 8.48. The van der Waals surface area contributed by atoms with E-state index >= 15 is 0 Å². The zero-order valence-corrected chi connectivity index (χ0v) is 15.0. The van der Waals surface area contributed by atoms with Crippen LogP contribution in [-0.2, 0) is 11.3 Å². The lowest BCUT2D eigenvalue weighted by Gasteiger charge is -2.07. The van der Waals surface area contributed by atoms with Crippen molar-refractivity contribution >= 4 is 23.1 Å². The number of pyridine rings is 1. The minimum Gasteiger partial charge on any atom is -0.326 e. The Morgan fingerprint density at radius 2 is 1.81 bits per heavy atom. The number of Topliss-reactive ketones (excluding diaryl/α,β-unsaturated/α-hetero) is 1. The van der Waals surface area contributed by atoms with E-state index in [4.69, 9.17) is 0 Å². The smallest absolute Gasteiger partial charge is 0.285 e. The highest BCUT2D eigenvalue weighted by atomic mass is 16.6. The van der Waals surface area contributed by atoms with Crippen LogP contribution in [0.15, 0.2) is 47.4 Å². The van der Waals surface area contributed by atoms with Crippen LogP contribution in [0.25, 0.3) is 0 Å². The Bertz CT molecular complexity index is 887. The van der Waals surface area contributed by atoms with E-state index in [2.05, 4.69) is 12.2 Å². The summed E-state index contributed by atoms with van der Waals surface area (Å²) >= 11 is 0. The van der Waals surface area contributed by atoms with Crippen molar-refractivity contribution in [2.45, 2.75) is 39.2 Å². The molecule has 1 aromatic heterocycles. The molecule has 0 unspecified atom stereocenters. The number of carbonyl (C=O) groups excluding carboxylic acids is 2. The third-order valence-corrected chi connectivity index (χ3v) is 3.99. The highest BCUT2D eigenvalue weighted by Crippen LogP contribution is 2.13. The Morgan fingerprint density at radius 3 is 2.44 bits per heavy atom. The van der Waals surface area contributed by atoms with E-state index in [9.17, 15) is 24.5 Å². The maximum atomic E-state index is 12.3. The van der Waals surface area contributed by atoms with Gasteiger partial charge in [0.05, 0.1) is 17.7 Å². The molecule has 1 amide bonds. The van der Waals surface area contributed by atoms with Crippen molar-refractivity contribution < 1.29 is 14.5 Å². The first kappa shape index (κ1) is 20.0. The van der Waals surface area contributed by atoms with Crippen LogP contribution in [0.2, 0.25) is 0 Å². The Morgan fingerprint density at radius 1 is 1.11 bits per heavy atom. The highest BCUT2D eigenvalue weighted by Gasteiger charge is 2.12. The molecule has 0 aliphatic carbocycles. The molecule has 0 aliphatic rings. The molecule has 2 aromatic rings. The van der Waals surface area contributed by atoms with E-state index < -0.39 is 10.5 Å². The van der Waals surface area contributed by atoms with Crippen LogP contribution in [0.1, 0.15) is 43.0 Å². The van der Waals surface area contributed by atoms with Gasteiger partial charge in [-0.05, 0) is 30.7 Å². The van der Waals surface area contributed by atoms with E-state index in [1.807, 2.05) is 0 Å². The van der Waals surface area contributed by atoms with Gasteiger partial charge in [0.15, 0.2) is 5.78 Å². The molecular formula is C19H21N3O5. The van der Waals surface area contributed by atoms with Crippen LogP contribution in [0, 0.1) is 10.1 Å². The molecule has 8 heteroatoms. The van der Waals surface area contributed by atoms with Crippen molar-refractivity contribution in [3.8, 4) is 0 Å². The molecule has 0 aliphatic heterocycles. The molecular weight excluding hydrogens is 350 g/mol. The number of ketones is 1. The normalized spacial score (nSPS) is 10.4. The number of carbonyl (C=O) groups is 2. The van der Waals surface area contributed by atoms with E-state index in [0.29, 0.717) is 17.7 Å². The van der Waals surface area contributed by atoms with Crippen molar-refractivity contribution in [2.24, 2.45) is 0 Å². The summed E-state index contributed by atoms with van der Waals surface area (Å²) in [4.78, 5) is 46.1. The van der Waals surface area contributed by atoms with Gasteiger partial charge in [0.2, 0.25) is 5.91 Å². The molecule has 8 nitrogen and oxygen atoms in total. The molecule has 0 radical (unpaired) electrons. The van der Waals surface area contributed by atoms with Crippen LogP contribution in [0.3, 0.4) is 0 Å². The second-order valence-electron chi connectivity index (χ2n) is 6.12. The van der Waals surface area contributed by atoms with Gasteiger partial charge in [0, 0.05) is 29.8 Å². The van der Waals surface area contributed by atoms with E-state index in [0.717, 1.165) is 42.2 Å². The van der Waals surface area contributed by atoms with Gasteiger partial charge >= 0.3 is 0 Å². The molecule has 142 valence electrons. The molecule has 0 spiro atoms. The monoisotopic (exact) mass is 371 g/mol. The summed E-state index contributed by atoms with van der Waals surface area (Å²) in [5.41, 5.74) is 0.173. The SMILES string of the molecule is CCCCCC(=O)Nc1ccc(C(=O)Cn2cc([N+](=O)[O-])ccc2=O)cc1. The van der Waals surface area contributed by atoms with Crippen molar-refractivity contribution in [2.75, 3.05) is 5.32 Å². The first-order valence-electron chi connectivity index (χ1n) is 8.68. The summed E-state index contributed by atoms with van der Waals surface area (Å²) < 4.78 is 1.00. The lowest BCUT2D eigenvalue weighted by molar-refractivity contribution is -0.385. The van der Waals surface area contributed by atoms with Crippen LogP contribution >= 0.6 is 0 Å². The number of amides is 1. The number of anilines is 1. The highest BCUT2D eigenvalue weighted by molar-refractivity contribution is 5.97. The predicted molar refractivity (Wildman–Crippen MR) is 101 cm³/mol. The summed E-state index contributed by atoms with van der Waals surface area (Å²) in [5.74, 6) is -0.441. The van der Waals surface area contributed by atoms with Crippen molar-refractivity contribution in [1.82, 2.24) is 4.57 Å². The fourth-order valence-electron chi connectivity index (χ4n) is 2.49. The largest absolute Gasteiger partial charge is 0.326 e. The summed E-state index contributed by atoms with van der Waals surface area (Å²) in [7, 11) is 0. The molecule has 2 rings (SSSR count). The maximum Gasteiger partial charge on any atom is 0.285 e. The first-order chi connectivity index (χ1) is 12.9. The molecule has 0 atom stereocenters. The van der Waals surface area contributed by atoms with Gasteiger partial charge < -0.3 is 9.88 Å². The lowest BCUT2D eigenvalue weighted by atomic mass is 10.1. The van der Waals surface area contributed by atoms with Gasteiger partial charge in [-0.15, -0.1) is 0 Å². The quantitative estimate of drug-likeness (QED) is 0.315. The molecule has 1 aromatic carbocycles. The Balaban J connectivity index is 2.02. The third-order valence-electron chi connectivity index (χ3n) is 3.99. The van der Waals surface area contributed by atoms with Crippen LogP contribution in [0.5, 0.6) is 0 Å². The second-order valence-corrected chi connectivity index (χ2v) is 6.12. The number of hydrogen-bond acceptors (Lipinski definition) is 5. The fraction of sp³-hybridized carbons (Fsp3) is 0.316. The van der Waals surface area contributed by atoms with Gasteiger partial charge in [0.1, 0.15) is 0 Å². The number of benzene rings is 1. The van der Waals surface area contributed by atoms with E-state index in [1.165, 1.54) is 0 Å². The van der Waals surface area contributed by atoms with Gasteiger partial charge in [0.25, 0.3) is 11.2 Å². The van der Waals surface area contributed by atoms with E-state index in [-0.39, 0.29) is 23.9 Å². The number of nitrogens with zero attached hydrogens (tertiary/aromatic N) is 2. The summed E-state index contributed by atoms with van der Waals surface area (Å²) in [5, 5.41) is 13.6. The maximum absolute atomic E-state index is 12.3. The average molecular weight is 371 g/mol. The molecule has 1 N–H and O–H groups in total. The standard InChI is InChI=1S/C19H21N3O5/c1-2-3-4-5-18(24)20-15-8-6-14(7-9-15)17(23)13-21-12-16(22(26)27)10-11-19(21)25/h6-12H,2-5,13H2,1H3,(H,20,24). The number of aromatic nitrogens is 1. The van der Waals surface area contributed by atoms with Crippen LogP contribution in [-0.4, -0.2) is 21.2 Å². The topological polar surface area (TPSA) is 111 Å². The third kappa shape index (κ3) is 5.88. The predicted octanol–water partition coefficient (Wildman–Crippen LogP) is 3.16. The van der Waals surface area contributed by atoms with Crippen LogP contribution < -0.4 is 10.9 Å². The van der Waals surface area contributed by atoms with Crippen LogP contribution in [0.4, 0.5) is 11.4 Å². The lowest BCUT2D eigenvalue weighted by Crippen LogP contribution is -2.23. The number of rotatable bonds is 9. The molecule has 0 bridgehead atoms. The number of hydrogen-bond donors (Lipinski definition) is 1. The second kappa shape index (κ2) is 9.42. The number of nitrogens with one attached hydrogen (secondary N) is 1. The van der Waals surface area contributed by atoms with Gasteiger partial charge in [-0.3, -0.25) is 24.5 Å². The van der Waals surface area contributed by atoms with E-state index in [1.54, 1.807) is 24.3 Å². The summed E-state index contributed by atoms with van der Waals surface area (Å²) in [6.45, 7) is 1.76. The Hall–Kier alpha value is -3.29. The van der Waals surface area contributed by atoms with Crippen molar-refractivity contribution in [3.05, 3.63) is 68.6 Å². The summed E-state index contributed by atoms with van der Waals surface area (Å²) in [6.07, 6.45) is 4.36. The molecule has 1 heterocycles. The van der Waals surface area contributed by atoms with Crippen molar-refractivity contribution in [1.29, 1.82) is 0 Å². The molecule has 27 heavy (non-hydrogen) atoms. The number of unbranched alkanes of at least 4 members (excludes halogenated alkanes) is 2. The minimum absolute atomic E-state index is 0.0781. The van der Waals surface area contributed by atoms with Crippen molar-refractivity contribution in [3.63, 3.8) is 0 Å². The zero-order valence-electron chi connectivity index (χ0n) is 15.0. The van der Waals surface area contributed by atoms with Gasteiger partial charge in [-0.25, -0.2) is 0 Å². The first-order valence-corrected chi connectivity index (χ1v) is 8.68.